The Balaban J connectivity index is 1.87. The standard InChI is InChI=1S/C26H31Cl2N5O5S/c1-39(37,38)32-20-8-4-5-9-21(20)33-24(18-11-10-15(27)14-19(18)28)23(25(34)30-13-12-22(29)31-36)16-6-2-3-7-17(16)26(33)35/h2-3,6-7,10-11,14,20-21,23-24,32,36H,4-5,8-9,12-13H2,1H3,(H2,29,31)(H,30,34)/t20-,21-,23+,24-/m0/s1. The Morgan fingerprint density at radius 2 is 1.87 bits per heavy atom. The van der Waals surface area contributed by atoms with Gasteiger partial charge in [-0.3, -0.25) is 9.59 Å². The number of oxime groups is 1. The molecule has 0 aromatic heterocycles. The molecule has 10 nitrogen and oxygen atoms in total. The van der Waals surface area contributed by atoms with Crippen LogP contribution < -0.4 is 15.8 Å². The molecular weight excluding hydrogens is 565 g/mol. The number of nitrogens with zero attached hydrogens (tertiary/aromatic N) is 2. The van der Waals surface area contributed by atoms with Crippen molar-refractivity contribution < 1.29 is 23.2 Å². The van der Waals surface area contributed by atoms with E-state index in [2.05, 4.69) is 15.2 Å². The van der Waals surface area contributed by atoms with E-state index in [1.807, 2.05) is 0 Å². The van der Waals surface area contributed by atoms with Gasteiger partial charge in [-0.05, 0) is 42.2 Å². The first-order chi connectivity index (χ1) is 18.5. The fraction of sp³-hybridized carbons (Fsp3) is 0.423. The van der Waals surface area contributed by atoms with Gasteiger partial charge >= 0.3 is 0 Å². The minimum absolute atomic E-state index is 0.0367. The van der Waals surface area contributed by atoms with Crippen LogP contribution in [0, 0.1) is 0 Å². The van der Waals surface area contributed by atoms with Crippen molar-refractivity contribution in [2.75, 3.05) is 12.8 Å². The fourth-order valence-electron chi connectivity index (χ4n) is 5.60. The lowest BCUT2D eigenvalue weighted by atomic mass is 9.76. The topological polar surface area (TPSA) is 154 Å². The number of benzene rings is 2. The molecule has 1 aliphatic carbocycles. The Labute approximate surface area is 237 Å². The number of carbonyl (C=O) groups excluding carboxylic acids is 2. The zero-order valence-electron chi connectivity index (χ0n) is 21.3. The highest BCUT2D eigenvalue weighted by molar-refractivity contribution is 7.88. The van der Waals surface area contributed by atoms with Crippen LogP contribution in [0.3, 0.4) is 0 Å². The van der Waals surface area contributed by atoms with Crippen LogP contribution >= 0.6 is 23.2 Å². The predicted octanol–water partition coefficient (Wildman–Crippen LogP) is 3.39. The van der Waals surface area contributed by atoms with Crippen LogP contribution in [0.2, 0.25) is 10.0 Å². The first kappa shape index (κ1) is 29.1. The number of hydrogen-bond acceptors (Lipinski definition) is 6. The maximum Gasteiger partial charge on any atom is 0.255 e. The maximum atomic E-state index is 14.2. The molecule has 1 fully saturated rings. The summed E-state index contributed by atoms with van der Waals surface area (Å²) in [5.41, 5.74) is 6.99. The summed E-state index contributed by atoms with van der Waals surface area (Å²) in [6.07, 6.45) is 3.88. The molecule has 2 aliphatic rings. The van der Waals surface area contributed by atoms with E-state index < -0.39 is 34.1 Å². The van der Waals surface area contributed by atoms with Gasteiger partial charge in [0.2, 0.25) is 15.9 Å². The highest BCUT2D eigenvalue weighted by Gasteiger charge is 2.49. The molecule has 2 amide bonds. The quantitative estimate of drug-likeness (QED) is 0.159. The van der Waals surface area contributed by atoms with Gasteiger partial charge in [0.25, 0.3) is 5.91 Å². The molecule has 1 heterocycles. The minimum Gasteiger partial charge on any atom is -0.409 e. The van der Waals surface area contributed by atoms with Crippen molar-refractivity contribution >= 4 is 50.9 Å². The number of sulfonamides is 1. The lowest BCUT2D eigenvalue weighted by Gasteiger charge is -2.49. The number of amides is 2. The predicted molar refractivity (Wildman–Crippen MR) is 150 cm³/mol. The second-order valence-electron chi connectivity index (χ2n) is 9.87. The third-order valence-electron chi connectivity index (χ3n) is 7.20. The summed E-state index contributed by atoms with van der Waals surface area (Å²) in [7, 11) is -3.58. The molecule has 0 bridgehead atoms. The van der Waals surface area contributed by atoms with Crippen LogP contribution in [0.15, 0.2) is 47.6 Å². The molecule has 0 spiro atoms. The highest BCUT2D eigenvalue weighted by Crippen LogP contribution is 2.47. The first-order valence-electron chi connectivity index (χ1n) is 12.6. The Morgan fingerprint density at radius 1 is 1.15 bits per heavy atom. The summed E-state index contributed by atoms with van der Waals surface area (Å²) in [6, 6.07) is 9.87. The summed E-state index contributed by atoms with van der Waals surface area (Å²) < 4.78 is 27.3. The number of fused-ring (bicyclic) bond motifs is 1. The number of nitrogens with two attached hydrogens (primary N) is 1. The molecule has 2 aromatic carbocycles. The van der Waals surface area contributed by atoms with E-state index in [4.69, 9.17) is 34.1 Å². The molecule has 0 unspecified atom stereocenters. The highest BCUT2D eigenvalue weighted by atomic mass is 35.5. The van der Waals surface area contributed by atoms with E-state index in [-0.39, 0.29) is 35.6 Å². The number of rotatable bonds is 8. The van der Waals surface area contributed by atoms with E-state index in [0.717, 1.165) is 19.1 Å². The minimum atomic E-state index is -3.58. The largest absolute Gasteiger partial charge is 0.409 e. The third kappa shape index (κ3) is 6.49. The van der Waals surface area contributed by atoms with Crippen molar-refractivity contribution in [1.29, 1.82) is 0 Å². The van der Waals surface area contributed by atoms with E-state index in [1.54, 1.807) is 47.4 Å². The number of halogens is 2. The first-order valence-corrected chi connectivity index (χ1v) is 15.2. The Bertz CT molecular complexity index is 1390. The van der Waals surface area contributed by atoms with Crippen molar-refractivity contribution in [2.24, 2.45) is 10.9 Å². The Kier molecular flexibility index (Phi) is 9.05. The van der Waals surface area contributed by atoms with E-state index in [1.165, 1.54) is 0 Å². The van der Waals surface area contributed by atoms with Crippen molar-refractivity contribution in [3.63, 3.8) is 0 Å². The van der Waals surface area contributed by atoms with Crippen LogP contribution in [-0.4, -0.2) is 61.1 Å². The smallest absolute Gasteiger partial charge is 0.255 e. The molecule has 1 aliphatic heterocycles. The van der Waals surface area contributed by atoms with Gasteiger partial charge in [0.1, 0.15) is 5.84 Å². The van der Waals surface area contributed by atoms with Gasteiger partial charge in [0.15, 0.2) is 0 Å². The molecule has 4 atom stereocenters. The summed E-state index contributed by atoms with van der Waals surface area (Å²) in [5, 5.41) is 15.3. The monoisotopic (exact) mass is 595 g/mol. The summed E-state index contributed by atoms with van der Waals surface area (Å²) in [5.74, 6) is -1.62. The van der Waals surface area contributed by atoms with Crippen molar-refractivity contribution in [1.82, 2.24) is 14.9 Å². The molecule has 13 heteroatoms. The van der Waals surface area contributed by atoms with Crippen LogP contribution in [0.25, 0.3) is 0 Å². The molecule has 5 N–H and O–H groups in total. The second kappa shape index (κ2) is 12.1. The summed E-state index contributed by atoms with van der Waals surface area (Å²) in [6.45, 7) is 0.101. The molecule has 0 radical (unpaired) electrons. The molecule has 0 saturated heterocycles. The Morgan fingerprint density at radius 3 is 2.56 bits per heavy atom. The van der Waals surface area contributed by atoms with E-state index in [0.29, 0.717) is 34.6 Å². The van der Waals surface area contributed by atoms with E-state index >= 15 is 0 Å². The number of nitrogens with one attached hydrogen (secondary N) is 2. The van der Waals surface area contributed by atoms with Crippen LogP contribution in [0.4, 0.5) is 0 Å². The third-order valence-corrected chi connectivity index (χ3v) is 8.49. The average Bonchev–Trinajstić information content (AvgIpc) is 2.88. The number of carbonyl (C=O) groups is 2. The fourth-order valence-corrected chi connectivity index (χ4v) is 6.95. The summed E-state index contributed by atoms with van der Waals surface area (Å²) in [4.78, 5) is 29.7. The van der Waals surface area contributed by atoms with Crippen molar-refractivity contribution in [3.8, 4) is 0 Å². The van der Waals surface area contributed by atoms with Gasteiger partial charge in [-0.2, -0.15) is 0 Å². The lowest BCUT2D eigenvalue weighted by Crippen LogP contribution is -2.59. The second-order valence-corrected chi connectivity index (χ2v) is 12.5. The Hall–Kier alpha value is -2.86. The van der Waals surface area contributed by atoms with Gasteiger partial charge in [-0.25, -0.2) is 13.1 Å². The molecule has 1 saturated carbocycles. The lowest BCUT2D eigenvalue weighted by molar-refractivity contribution is -0.124. The van der Waals surface area contributed by atoms with Gasteiger partial charge < -0.3 is 21.2 Å². The van der Waals surface area contributed by atoms with Gasteiger partial charge in [-0.15, -0.1) is 0 Å². The van der Waals surface area contributed by atoms with Crippen LogP contribution in [0.5, 0.6) is 0 Å². The SMILES string of the molecule is CS(=O)(=O)N[C@H]1CCCC[C@@H]1N1C(=O)c2ccccc2[C@@H](C(=O)NCCC(N)=NO)[C@@H]1c1ccc(Cl)cc1Cl. The zero-order chi connectivity index (χ0) is 28.3. The van der Waals surface area contributed by atoms with E-state index in [9.17, 15) is 18.0 Å². The number of hydrogen-bond donors (Lipinski definition) is 4. The molecular formula is C26H31Cl2N5O5S. The summed E-state index contributed by atoms with van der Waals surface area (Å²) >= 11 is 12.9. The molecule has 210 valence electrons. The zero-order valence-corrected chi connectivity index (χ0v) is 23.6. The van der Waals surface area contributed by atoms with Gasteiger partial charge in [0, 0.05) is 40.7 Å². The maximum absolute atomic E-state index is 14.2. The normalized spacial score (nSPS) is 23.8. The van der Waals surface area contributed by atoms with Crippen molar-refractivity contribution in [3.05, 3.63) is 69.2 Å². The molecule has 4 rings (SSSR count). The number of amidine groups is 1. The average molecular weight is 597 g/mol. The molecule has 2 aromatic rings. The van der Waals surface area contributed by atoms with Crippen molar-refractivity contribution in [2.45, 2.75) is 56.1 Å². The van der Waals surface area contributed by atoms with Gasteiger partial charge in [0.05, 0.1) is 18.2 Å². The van der Waals surface area contributed by atoms with Crippen LogP contribution in [0.1, 0.15) is 65.5 Å². The van der Waals surface area contributed by atoms with Crippen LogP contribution in [-0.2, 0) is 14.8 Å². The van der Waals surface area contributed by atoms with Gasteiger partial charge in [-0.1, -0.05) is 65.5 Å². The molecule has 39 heavy (non-hydrogen) atoms.